The lowest BCUT2D eigenvalue weighted by Crippen LogP contribution is -2.29. The van der Waals surface area contributed by atoms with Crippen LogP contribution in [0.15, 0.2) is 18.2 Å². The van der Waals surface area contributed by atoms with Crippen molar-refractivity contribution in [2.75, 3.05) is 6.26 Å². The fourth-order valence-corrected chi connectivity index (χ4v) is 2.18. The molecule has 0 saturated carbocycles. The number of sulfonamides is 1. The Labute approximate surface area is 110 Å². The lowest BCUT2D eigenvalue weighted by atomic mass is 10.1. The second-order valence-corrected chi connectivity index (χ2v) is 6.04. The summed E-state index contributed by atoms with van der Waals surface area (Å²) in [5.74, 6) is -0.566. The van der Waals surface area contributed by atoms with E-state index in [-0.39, 0.29) is 6.42 Å². The molecule has 0 aliphatic rings. The quantitative estimate of drug-likeness (QED) is 0.924. The third-order valence-corrected chi connectivity index (χ3v) is 3.41. The fourth-order valence-electron chi connectivity index (χ4n) is 1.25. The number of halogens is 2. The number of amides is 1. The Morgan fingerprint density at radius 3 is 2.59 bits per heavy atom. The van der Waals surface area contributed by atoms with Crippen LogP contribution in [0.25, 0.3) is 0 Å². The Kier molecular flexibility index (Phi) is 4.80. The third-order valence-electron chi connectivity index (χ3n) is 1.95. The van der Waals surface area contributed by atoms with E-state index < -0.39 is 15.9 Å². The molecule has 0 aliphatic carbocycles. The van der Waals surface area contributed by atoms with Gasteiger partial charge >= 0.3 is 0 Å². The number of hydrogen-bond acceptors (Lipinski definition) is 3. The first-order valence-electron chi connectivity index (χ1n) is 4.73. The van der Waals surface area contributed by atoms with Gasteiger partial charge in [0.15, 0.2) is 0 Å². The van der Waals surface area contributed by atoms with Crippen LogP contribution >= 0.6 is 23.2 Å². The van der Waals surface area contributed by atoms with Gasteiger partial charge in [-0.1, -0.05) is 35.3 Å². The topological polar surface area (TPSA) is 63.2 Å². The Morgan fingerprint density at radius 1 is 1.35 bits per heavy atom. The summed E-state index contributed by atoms with van der Waals surface area (Å²) >= 11 is 11.7. The predicted octanol–water partition coefficient (Wildman–Crippen LogP) is 2.00. The smallest absolute Gasteiger partial charge is 0.233 e. The maximum absolute atomic E-state index is 11.3. The molecule has 4 nitrogen and oxygen atoms in total. The lowest BCUT2D eigenvalue weighted by Gasteiger charge is -2.05. The molecule has 0 radical (unpaired) electrons. The maximum atomic E-state index is 11.3. The largest absolute Gasteiger partial charge is 0.274 e. The van der Waals surface area contributed by atoms with E-state index in [1.807, 2.05) is 4.72 Å². The Hall–Kier alpha value is -0.780. The molecule has 17 heavy (non-hydrogen) atoms. The Bertz CT molecular complexity index is 528. The monoisotopic (exact) mass is 295 g/mol. The van der Waals surface area contributed by atoms with Crippen LogP contribution < -0.4 is 4.72 Å². The van der Waals surface area contributed by atoms with Crippen LogP contribution in [0.5, 0.6) is 0 Å². The van der Waals surface area contributed by atoms with Gasteiger partial charge in [0.05, 0.1) is 16.3 Å². The van der Waals surface area contributed by atoms with Crippen molar-refractivity contribution in [3.63, 3.8) is 0 Å². The molecule has 0 atom stereocenters. The molecule has 0 saturated heterocycles. The first kappa shape index (κ1) is 14.3. The number of benzene rings is 1. The Balaban J connectivity index is 2.62. The molecule has 94 valence electrons. The van der Waals surface area contributed by atoms with Crippen molar-refractivity contribution in [3.8, 4) is 0 Å². The van der Waals surface area contributed by atoms with Gasteiger partial charge in [0, 0.05) is 6.42 Å². The highest BCUT2D eigenvalue weighted by Crippen LogP contribution is 2.26. The van der Waals surface area contributed by atoms with Crippen molar-refractivity contribution in [2.45, 2.75) is 12.8 Å². The van der Waals surface area contributed by atoms with E-state index in [2.05, 4.69) is 0 Å². The van der Waals surface area contributed by atoms with Crippen molar-refractivity contribution in [3.05, 3.63) is 33.8 Å². The van der Waals surface area contributed by atoms with Gasteiger partial charge in [-0.15, -0.1) is 0 Å². The zero-order valence-electron chi connectivity index (χ0n) is 9.04. The highest BCUT2D eigenvalue weighted by atomic mass is 35.5. The highest BCUT2D eigenvalue weighted by molar-refractivity contribution is 7.89. The number of rotatable bonds is 4. The van der Waals surface area contributed by atoms with Crippen molar-refractivity contribution < 1.29 is 13.2 Å². The van der Waals surface area contributed by atoms with E-state index in [0.29, 0.717) is 22.0 Å². The van der Waals surface area contributed by atoms with E-state index in [9.17, 15) is 13.2 Å². The van der Waals surface area contributed by atoms with Crippen LogP contribution in [-0.4, -0.2) is 20.6 Å². The minimum Gasteiger partial charge on any atom is -0.274 e. The lowest BCUT2D eigenvalue weighted by molar-refractivity contribution is -0.119. The molecule has 0 unspecified atom stereocenters. The van der Waals surface area contributed by atoms with Gasteiger partial charge in [-0.3, -0.25) is 9.52 Å². The van der Waals surface area contributed by atoms with Crippen molar-refractivity contribution >= 4 is 39.1 Å². The maximum Gasteiger partial charge on any atom is 0.233 e. The molecule has 0 fully saturated rings. The summed E-state index contributed by atoms with van der Waals surface area (Å²) in [5.41, 5.74) is 0.711. The Morgan fingerprint density at radius 2 is 2.00 bits per heavy atom. The molecule has 1 N–H and O–H groups in total. The van der Waals surface area contributed by atoms with Crippen molar-refractivity contribution in [1.29, 1.82) is 0 Å². The van der Waals surface area contributed by atoms with Crippen LogP contribution in [-0.2, 0) is 21.2 Å². The molecule has 0 aromatic heterocycles. The molecule has 1 aromatic carbocycles. The van der Waals surface area contributed by atoms with Gasteiger partial charge < -0.3 is 0 Å². The number of nitrogens with one attached hydrogen (secondary N) is 1. The van der Waals surface area contributed by atoms with Gasteiger partial charge in [-0.2, -0.15) is 0 Å². The van der Waals surface area contributed by atoms with Gasteiger partial charge in [0.2, 0.25) is 15.9 Å². The van der Waals surface area contributed by atoms with Crippen LogP contribution in [0.3, 0.4) is 0 Å². The summed E-state index contributed by atoms with van der Waals surface area (Å²) < 4.78 is 23.5. The van der Waals surface area contributed by atoms with Gasteiger partial charge in [0.25, 0.3) is 0 Å². The summed E-state index contributed by atoms with van der Waals surface area (Å²) in [6, 6.07) is 5.10. The number of aryl methyl sites for hydroxylation is 1. The number of carbonyl (C=O) groups excluding carboxylic acids is 1. The molecule has 1 aromatic rings. The molecular formula is C10H11Cl2NO3S. The molecule has 0 heterocycles. The first-order valence-corrected chi connectivity index (χ1v) is 7.38. The van der Waals surface area contributed by atoms with Crippen molar-refractivity contribution in [1.82, 2.24) is 4.72 Å². The van der Waals surface area contributed by atoms with Gasteiger partial charge in [0.1, 0.15) is 0 Å². The molecule has 1 rings (SSSR count). The van der Waals surface area contributed by atoms with E-state index in [4.69, 9.17) is 23.2 Å². The third kappa shape index (κ3) is 4.93. The van der Waals surface area contributed by atoms with Gasteiger partial charge in [-0.05, 0) is 18.1 Å². The second-order valence-electron chi connectivity index (χ2n) is 3.51. The zero-order chi connectivity index (χ0) is 13.1. The zero-order valence-corrected chi connectivity index (χ0v) is 11.4. The normalized spacial score (nSPS) is 11.2. The average molecular weight is 296 g/mol. The standard InChI is InChI=1S/C10H11Cl2NO3S/c1-17(15,16)13-9(14)6-5-7-3-2-4-8(11)10(7)12/h2-4H,5-6H2,1H3,(H,13,14). The molecule has 1 amide bonds. The van der Waals surface area contributed by atoms with E-state index in [0.717, 1.165) is 6.26 Å². The minimum atomic E-state index is -3.50. The predicted molar refractivity (Wildman–Crippen MR) is 67.8 cm³/mol. The van der Waals surface area contributed by atoms with Crippen LogP contribution in [0.1, 0.15) is 12.0 Å². The fraction of sp³-hybridized carbons (Fsp3) is 0.300. The summed E-state index contributed by atoms with van der Waals surface area (Å²) in [7, 11) is -3.50. The van der Waals surface area contributed by atoms with Crippen LogP contribution in [0.2, 0.25) is 10.0 Å². The molecular weight excluding hydrogens is 285 g/mol. The summed E-state index contributed by atoms with van der Waals surface area (Å²) in [4.78, 5) is 11.3. The molecule has 0 aliphatic heterocycles. The van der Waals surface area contributed by atoms with E-state index >= 15 is 0 Å². The first-order chi connectivity index (χ1) is 7.79. The SMILES string of the molecule is CS(=O)(=O)NC(=O)CCc1cccc(Cl)c1Cl. The van der Waals surface area contributed by atoms with Crippen LogP contribution in [0.4, 0.5) is 0 Å². The number of carbonyl (C=O) groups is 1. The minimum absolute atomic E-state index is 0.0349. The van der Waals surface area contributed by atoms with E-state index in [1.54, 1.807) is 18.2 Å². The van der Waals surface area contributed by atoms with Crippen LogP contribution in [0, 0.1) is 0 Å². The highest BCUT2D eigenvalue weighted by Gasteiger charge is 2.10. The summed E-state index contributed by atoms with van der Waals surface area (Å²) in [6.45, 7) is 0. The average Bonchev–Trinajstić information content (AvgIpc) is 2.18. The summed E-state index contributed by atoms with van der Waals surface area (Å²) in [5, 5.41) is 0.800. The summed E-state index contributed by atoms with van der Waals surface area (Å²) in [6.07, 6.45) is 1.30. The number of hydrogen-bond donors (Lipinski definition) is 1. The second kappa shape index (κ2) is 5.71. The molecule has 7 heteroatoms. The van der Waals surface area contributed by atoms with Gasteiger partial charge in [-0.25, -0.2) is 8.42 Å². The van der Waals surface area contributed by atoms with Crippen molar-refractivity contribution in [2.24, 2.45) is 0 Å². The van der Waals surface area contributed by atoms with E-state index in [1.165, 1.54) is 0 Å². The molecule has 0 bridgehead atoms. The molecule has 0 spiro atoms.